The zero-order valence-corrected chi connectivity index (χ0v) is 15.6. The van der Waals surface area contributed by atoms with Gasteiger partial charge in [0.25, 0.3) is 5.56 Å². The predicted molar refractivity (Wildman–Crippen MR) is 96.0 cm³/mol. The van der Waals surface area contributed by atoms with Gasteiger partial charge < -0.3 is 10.6 Å². The third kappa shape index (κ3) is 5.84. The van der Waals surface area contributed by atoms with Gasteiger partial charge in [0.2, 0.25) is 11.8 Å². The molecule has 0 spiro atoms. The molecule has 138 valence electrons. The molecule has 9 heteroatoms. The molecule has 0 aliphatic heterocycles. The van der Waals surface area contributed by atoms with Crippen LogP contribution in [0, 0.1) is 5.92 Å². The van der Waals surface area contributed by atoms with Crippen molar-refractivity contribution in [3.63, 3.8) is 0 Å². The zero-order chi connectivity index (χ0) is 18.4. The van der Waals surface area contributed by atoms with Gasteiger partial charge in [-0.2, -0.15) is 0 Å². The van der Waals surface area contributed by atoms with E-state index in [9.17, 15) is 19.2 Å². The average molecular weight is 415 g/mol. The Morgan fingerprint density at radius 2 is 1.96 bits per heavy atom. The molecule has 3 N–H and O–H groups in total. The Balaban J connectivity index is 2.04. The molecule has 1 fully saturated rings. The van der Waals surface area contributed by atoms with Gasteiger partial charge in [-0.1, -0.05) is 32.1 Å². The van der Waals surface area contributed by atoms with Crippen molar-refractivity contribution >= 4 is 27.7 Å². The Hall–Kier alpha value is -1.90. The highest BCUT2D eigenvalue weighted by atomic mass is 79.9. The van der Waals surface area contributed by atoms with E-state index in [0.717, 1.165) is 23.8 Å². The van der Waals surface area contributed by atoms with Gasteiger partial charge in [0.15, 0.2) is 0 Å². The second-order valence-corrected chi connectivity index (χ2v) is 7.29. The number of halogens is 1. The van der Waals surface area contributed by atoms with Crippen molar-refractivity contribution in [1.82, 2.24) is 14.5 Å². The summed E-state index contributed by atoms with van der Waals surface area (Å²) in [6.45, 7) is 0.00268. The SMILES string of the molecule is NC(=O)CN(CCC1CCCCC1)C(=O)Cn1cc(Br)c(=O)[nH]c1=O. The van der Waals surface area contributed by atoms with Gasteiger partial charge >= 0.3 is 5.69 Å². The molecule has 2 amide bonds. The summed E-state index contributed by atoms with van der Waals surface area (Å²) in [5, 5.41) is 0. The van der Waals surface area contributed by atoms with E-state index >= 15 is 0 Å². The third-order valence-corrected chi connectivity index (χ3v) is 5.07. The quantitative estimate of drug-likeness (QED) is 0.677. The predicted octanol–water partition coefficient (Wildman–Crippen LogP) is 0.583. The molecule has 1 saturated carbocycles. The maximum Gasteiger partial charge on any atom is 0.328 e. The lowest BCUT2D eigenvalue weighted by Gasteiger charge is -2.26. The molecule has 25 heavy (non-hydrogen) atoms. The summed E-state index contributed by atoms with van der Waals surface area (Å²) < 4.78 is 1.26. The number of rotatable bonds is 7. The Bertz CT molecular complexity index is 736. The summed E-state index contributed by atoms with van der Waals surface area (Å²) in [5.41, 5.74) is 4.02. The number of hydrogen-bond acceptors (Lipinski definition) is 4. The normalized spacial score (nSPS) is 15.1. The van der Waals surface area contributed by atoms with Crippen molar-refractivity contribution in [3.8, 4) is 0 Å². The molecule has 0 radical (unpaired) electrons. The van der Waals surface area contributed by atoms with Crippen molar-refractivity contribution < 1.29 is 9.59 Å². The molecule has 1 aliphatic carbocycles. The van der Waals surface area contributed by atoms with Gasteiger partial charge in [-0.3, -0.25) is 23.9 Å². The Morgan fingerprint density at radius 3 is 2.60 bits per heavy atom. The van der Waals surface area contributed by atoms with Crippen molar-refractivity contribution in [2.75, 3.05) is 13.1 Å². The lowest BCUT2D eigenvalue weighted by Crippen LogP contribution is -2.43. The fourth-order valence-electron chi connectivity index (χ4n) is 3.14. The minimum absolute atomic E-state index is 0.156. The summed E-state index contributed by atoms with van der Waals surface area (Å²) in [6, 6.07) is 0. The fraction of sp³-hybridized carbons (Fsp3) is 0.625. The Kier molecular flexibility index (Phi) is 6.98. The number of H-pyrrole nitrogens is 1. The van der Waals surface area contributed by atoms with Crippen LogP contribution in [-0.4, -0.2) is 39.4 Å². The second-order valence-electron chi connectivity index (χ2n) is 6.44. The van der Waals surface area contributed by atoms with E-state index in [2.05, 4.69) is 20.9 Å². The maximum atomic E-state index is 12.5. The van der Waals surface area contributed by atoms with Crippen molar-refractivity contribution in [1.29, 1.82) is 0 Å². The minimum atomic E-state index is -0.673. The van der Waals surface area contributed by atoms with Crippen molar-refractivity contribution in [3.05, 3.63) is 31.5 Å². The molecule has 1 aromatic rings. The molecule has 0 atom stereocenters. The standard InChI is InChI=1S/C16H23BrN4O4/c17-12-8-21(16(25)19-15(12)24)10-14(23)20(9-13(18)22)7-6-11-4-2-1-3-5-11/h8,11H,1-7,9-10H2,(H2,18,22)(H,19,24,25). The number of hydrogen-bond donors (Lipinski definition) is 2. The maximum absolute atomic E-state index is 12.5. The van der Waals surface area contributed by atoms with Gasteiger partial charge in [0, 0.05) is 12.7 Å². The molecule has 0 aromatic carbocycles. The van der Waals surface area contributed by atoms with Crippen LogP contribution in [0.2, 0.25) is 0 Å². The van der Waals surface area contributed by atoms with E-state index in [0.29, 0.717) is 12.5 Å². The largest absolute Gasteiger partial charge is 0.368 e. The number of nitrogens with two attached hydrogens (primary N) is 1. The topological polar surface area (TPSA) is 118 Å². The highest BCUT2D eigenvalue weighted by Crippen LogP contribution is 2.26. The third-order valence-electron chi connectivity index (χ3n) is 4.50. The van der Waals surface area contributed by atoms with Gasteiger partial charge in [0.05, 0.1) is 11.0 Å². The van der Waals surface area contributed by atoms with E-state index < -0.39 is 17.2 Å². The molecule has 1 aliphatic rings. The van der Waals surface area contributed by atoms with Crippen LogP contribution in [0.3, 0.4) is 0 Å². The number of carbonyl (C=O) groups excluding carboxylic acids is 2. The average Bonchev–Trinajstić information content (AvgIpc) is 2.57. The number of nitrogens with zero attached hydrogens (tertiary/aromatic N) is 2. The summed E-state index contributed by atoms with van der Waals surface area (Å²) >= 11 is 3.03. The second kappa shape index (κ2) is 8.98. The first-order valence-electron chi connectivity index (χ1n) is 8.42. The number of aromatic nitrogens is 2. The van der Waals surface area contributed by atoms with Crippen LogP contribution in [0.5, 0.6) is 0 Å². The summed E-state index contributed by atoms with van der Waals surface area (Å²) in [5.74, 6) is -0.412. The van der Waals surface area contributed by atoms with Gasteiger partial charge in [-0.25, -0.2) is 4.79 Å². The Morgan fingerprint density at radius 1 is 1.28 bits per heavy atom. The van der Waals surface area contributed by atoms with Crippen molar-refractivity contribution in [2.45, 2.75) is 45.1 Å². The van der Waals surface area contributed by atoms with Crippen LogP contribution in [0.25, 0.3) is 0 Å². The molecule has 1 aromatic heterocycles. The highest BCUT2D eigenvalue weighted by Gasteiger charge is 2.20. The van der Waals surface area contributed by atoms with Gasteiger partial charge in [0.1, 0.15) is 6.54 Å². The van der Waals surface area contributed by atoms with E-state index in [1.807, 2.05) is 0 Å². The molecule has 1 heterocycles. The van der Waals surface area contributed by atoms with E-state index in [-0.39, 0.29) is 23.5 Å². The van der Waals surface area contributed by atoms with Crippen LogP contribution >= 0.6 is 15.9 Å². The van der Waals surface area contributed by atoms with Crippen LogP contribution in [0.15, 0.2) is 20.3 Å². The molecule has 0 saturated heterocycles. The Labute approximate surface area is 153 Å². The highest BCUT2D eigenvalue weighted by molar-refractivity contribution is 9.10. The summed E-state index contributed by atoms with van der Waals surface area (Å²) in [7, 11) is 0. The molecule has 0 bridgehead atoms. The number of aromatic amines is 1. The van der Waals surface area contributed by atoms with Crippen LogP contribution in [-0.2, 0) is 16.1 Å². The van der Waals surface area contributed by atoms with Crippen LogP contribution in [0.1, 0.15) is 38.5 Å². The van der Waals surface area contributed by atoms with Gasteiger partial charge in [-0.15, -0.1) is 0 Å². The lowest BCUT2D eigenvalue weighted by molar-refractivity contribution is -0.136. The first kappa shape index (κ1) is 19.4. The summed E-state index contributed by atoms with van der Waals surface area (Å²) in [4.78, 5) is 50.5. The number of carbonyl (C=O) groups is 2. The number of amides is 2. The molecule has 2 rings (SSSR count). The molecule has 0 unspecified atom stereocenters. The van der Waals surface area contributed by atoms with Crippen LogP contribution in [0.4, 0.5) is 0 Å². The number of primary amides is 1. The molecule has 8 nitrogen and oxygen atoms in total. The number of nitrogens with one attached hydrogen (secondary N) is 1. The monoisotopic (exact) mass is 414 g/mol. The minimum Gasteiger partial charge on any atom is -0.368 e. The van der Waals surface area contributed by atoms with E-state index in [4.69, 9.17) is 5.73 Å². The summed E-state index contributed by atoms with van der Waals surface area (Å²) in [6.07, 6.45) is 8.04. The van der Waals surface area contributed by atoms with Gasteiger partial charge in [-0.05, 0) is 28.3 Å². The lowest BCUT2D eigenvalue weighted by atomic mass is 9.87. The molecular formula is C16H23BrN4O4. The van der Waals surface area contributed by atoms with Crippen LogP contribution < -0.4 is 17.0 Å². The fourth-order valence-corrected chi connectivity index (χ4v) is 3.49. The van der Waals surface area contributed by atoms with Crippen molar-refractivity contribution in [2.24, 2.45) is 11.7 Å². The van der Waals surface area contributed by atoms with E-state index in [1.165, 1.54) is 30.4 Å². The smallest absolute Gasteiger partial charge is 0.328 e. The van der Waals surface area contributed by atoms with E-state index in [1.54, 1.807) is 0 Å². The zero-order valence-electron chi connectivity index (χ0n) is 14.0. The molecular weight excluding hydrogens is 392 g/mol. The first-order chi connectivity index (χ1) is 11.9. The first-order valence-corrected chi connectivity index (χ1v) is 9.21.